The molecule has 2 aromatic carbocycles. The Morgan fingerprint density at radius 1 is 0.889 bits per heavy atom. The van der Waals surface area contributed by atoms with E-state index in [1.807, 2.05) is 6.92 Å². The molecule has 0 spiro atoms. The molecule has 0 atom stereocenters. The van der Waals surface area contributed by atoms with Crippen LogP contribution in [0.15, 0.2) is 52.7 Å². The average molecular weight is 242 g/mol. The highest BCUT2D eigenvalue weighted by molar-refractivity contribution is 5.47. The van der Waals surface area contributed by atoms with E-state index in [1.54, 1.807) is 42.5 Å². The van der Waals surface area contributed by atoms with Crippen LogP contribution in [0.1, 0.15) is 12.5 Å². The topological polar surface area (TPSA) is 65.2 Å². The van der Waals surface area contributed by atoms with Gasteiger partial charge in [-0.15, -0.1) is 0 Å². The summed E-state index contributed by atoms with van der Waals surface area (Å²) in [6.07, 6.45) is 0.744. The highest BCUT2D eigenvalue weighted by Gasteiger charge is 1.99. The molecular weight excluding hydrogens is 228 g/mol. The first-order valence-corrected chi connectivity index (χ1v) is 5.71. The smallest absolute Gasteiger partial charge is 0.118 e. The minimum Gasteiger partial charge on any atom is -0.508 e. The number of rotatable bonds is 3. The zero-order chi connectivity index (χ0) is 13.0. The van der Waals surface area contributed by atoms with Gasteiger partial charge in [-0.05, 0) is 54.4 Å². The Kier molecular flexibility index (Phi) is 3.57. The molecule has 0 heterocycles. The van der Waals surface area contributed by atoms with E-state index in [4.69, 9.17) is 5.11 Å². The molecule has 0 unspecified atom stereocenters. The van der Waals surface area contributed by atoms with Crippen molar-refractivity contribution in [2.75, 3.05) is 0 Å². The number of aryl methyl sites for hydroxylation is 1. The molecule has 0 aliphatic rings. The zero-order valence-electron chi connectivity index (χ0n) is 10.0. The van der Waals surface area contributed by atoms with Crippen LogP contribution in [0.5, 0.6) is 11.5 Å². The predicted octanol–water partition coefficient (Wildman–Crippen LogP) is 4.08. The molecule has 2 aromatic rings. The Hall–Kier alpha value is -2.36. The van der Waals surface area contributed by atoms with Gasteiger partial charge in [0.25, 0.3) is 0 Å². The van der Waals surface area contributed by atoms with E-state index in [0.717, 1.165) is 12.0 Å². The summed E-state index contributed by atoms with van der Waals surface area (Å²) in [6.45, 7) is 1.97. The molecule has 0 saturated carbocycles. The minimum absolute atomic E-state index is 0.201. The van der Waals surface area contributed by atoms with E-state index in [0.29, 0.717) is 11.4 Å². The van der Waals surface area contributed by atoms with Crippen molar-refractivity contribution in [3.05, 3.63) is 48.0 Å². The van der Waals surface area contributed by atoms with Crippen molar-refractivity contribution in [2.24, 2.45) is 10.2 Å². The van der Waals surface area contributed by atoms with Crippen LogP contribution >= 0.6 is 0 Å². The summed E-state index contributed by atoms with van der Waals surface area (Å²) in [5, 5.41) is 26.8. The number of nitrogens with zero attached hydrogens (tertiary/aromatic N) is 2. The van der Waals surface area contributed by atoms with Crippen LogP contribution in [0.3, 0.4) is 0 Å². The maximum absolute atomic E-state index is 9.55. The first-order valence-electron chi connectivity index (χ1n) is 5.71. The van der Waals surface area contributed by atoms with E-state index < -0.39 is 0 Å². The monoisotopic (exact) mass is 242 g/mol. The summed E-state index contributed by atoms with van der Waals surface area (Å²) >= 11 is 0. The van der Waals surface area contributed by atoms with Gasteiger partial charge >= 0.3 is 0 Å². The number of aromatic hydroxyl groups is 2. The van der Waals surface area contributed by atoms with Crippen LogP contribution in [0.2, 0.25) is 0 Å². The maximum Gasteiger partial charge on any atom is 0.118 e. The van der Waals surface area contributed by atoms with Crippen molar-refractivity contribution < 1.29 is 10.2 Å². The van der Waals surface area contributed by atoms with Gasteiger partial charge in [-0.1, -0.05) is 6.92 Å². The molecule has 2 N–H and O–H groups in total. The number of hydrogen-bond donors (Lipinski definition) is 2. The molecule has 18 heavy (non-hydrogen) atoms. The Bertz CT molecular complexity index is 563. The molecule has 92 valence electrons. The summed E-state index contributed by atoms with van der Waals surface area (Å²) in [5.41, 5.74) is 2.20. The SMILES string of the molecule is CCc1cc(N=Nc2ccc(O)cc2)ccc1O. The molecule has 0 bridgehead atoms. The Morgan fingerprint density at radius 2 is 1.50 bits per heavy atom. The molecule has 4 heteroatoms. The van der Waals surface area contributed by atoms with E-state index in [2.05, 4.69) is 10.2 Å². The molecule has 0 saturated heterocycles. The van der Waals surface area contributed by atoms with Gasteiger partial charge in [-0.25, -0.2) is 0 Å². The molecule has 0 fully saturated rings. The van der Waals surface area contributed by atoms with Crippen LogP contribution < -0.4 is 0 Å². The zero-order valence-corrected chi connectivity index (χ0v) is 10.0. The molecule has 0 aliphatic heterocycles. The minimum atomic E-state index is 0.201. The normalized spacial score (nSPS) is 10.9. The van der Waals surface area contributed by atoms with Gasteiger partial charge in [-0.3, -0.25) is 0 Å². The molecular formula is C14H14N2O2. The quantitative estimate of drug-likeness (QED) is 0.796. The van der Waals surface area contributed by atoms with Crippen LogP contribution in [0, 0.1) is 0 Å². The molecule has 0 aliphatic carbocycles. The highest BCUT2D eigenvalue weighted by Crippen LogP contribution is 2.25. The summed E-state index contributed by atoms with van der Waals surface area (Å²) in [4.78, 5) is 0. The number of azo groups is 1. The van der Waals surface area contributed by atoms with Gasteiger partial charge in [0.15, 0.2) is 0 Å². The van der Waals surface area contributed by atoms with Crippen LogP contribution in [-0.2, 0) is 6.42 Å². The Labute approximate surface area is 105 Å². The lowest BCUT2D eigenvalue weighted by Crippen LogP contribution is -1.79. The maximum atomic E-state index is 9.55. The molecule has 2 rings (SSSR count). The second kappa shape index (κ2) is 5.31. The van der Waals surface area contributed by atoms with Gasteiger partial charge in [0.1, 0.15) is 11.5 Å². The van der Waals surface area contributed by atoms with E-state index in [-0.39, 0.29) is 11.5 Å². The third-order valence-electron chi connectivity index (χ3n) is 2.57. The third-order valence-corrected chi connectivity index (χ3v) is 2.57. The second-order valence-electron chi connectivity index (χ2n) is 3.88. The number of hydrogen-bond acceptors (Lipinski definition) is 4. The lowest BCUT2D eigenvalue weighted by molar-refractivity contribution is 0.469. The largest absolute Gasteiger partial charge is 0.508 e. The van der Waals surface area contributed by atoms with Crippen molar-refractivity contribution >= 4 is 11.4 Å². The van der Waals surface area contributed by atoms with Crippen molar-refractivity contribution in [3.63, 3.8) is 0 Å². The van der Waals surface area contributed by atoms with Gasteiger partial charge < -0.3 is 10.2 Å². The fourth-order valence-corrected chi connectivity index (χ4v) is 1.55. The summed E-state index contributed by atoms with van der Waals surface area (Å²) < 4.78 is 0. The fraction of sp³-hybridized carbons (Fsp3) is 0.143. The molecule has 4 nitrogen and oxygen atoms in total. The number of phenolic OH excluding ortho intramolecular Hbond substituents is 2. The standard InChI is InChI=1S/C14H14N2O2/c1-2-10-9-12(5-8-14(10)18)16-15-11-3-6-13(17)7-4-11/h3-9,17-18H,2H2,1H3. The van der Waals surface area contributed by atoms with Crippen LogP contribution in [0.25, 0.3) is 0 Å². The second-order valence-corrected chi connectivity index (χ2v) is 3.88. The number of phenols is 2. The van der Waals surface area contributed by atoms with E-state index in [1.165, 1.54) is 0 Å². The van der Waals surface area contributed by atoms with Gasteiger partial charge in [0.2, 0.25) is 0 Å². The van der Waals surface area contributed by atoms with Gasteiger partial charge in [-0.2, -0.15) is 10.2 Å². The first-order chi connectivity index (χ1) is 8.69. The van der Waals surface area contributed by atoms with Crippen molar-refractivity contribution in [3.8, 4) is 11.5 Å². The van der Waals surface area contributed by atoms with Crippen molar-refractivity contribution in [1.29, 1.82) is 0 Å². The fourth-order valence-electron chi connectivity index (χ4n) is 1.55. The third kappa shape index (κ3) is 2.85. The molecule has 0 radical (unpaired) electrons. The van der Waals surface area contributed by atoms with Gasteiger partial charge in [0.05, 0.1) is 11.4 Å². The first kappa shape index (κ1) is 12.1. The Balaban J connectivity index is 2.20. The lowest BCUT2D eigenvalue weighted by Gasteiger charge is -2.01. The summed E-state index contributed by atoms with van der Waals surface area (Å²) in [5.74, 6) is 0.480. The van der Waals surface area contributed by atoms with Crippen molar-refractivity contribution in [2.45, 2.75) is 13.3 Å². The van der Waals surface area contributed by atoms with Crippen molar-refractivity contribution in [1.82, 2.24) is 0 Å². The van der Waals surface area contributed by atoms with E-state index >= 15 is 0 Å². The average Bonchev–Trinajstić information content (AvgIpc) is 2.39. The lowest BCUT2D eigenvalue weighted by atomic mass is 10.1. The Morgan fingerprint density at radius 3 is 2.17 bits per heavy atom. The predicted molar refractivity (Wildman–Crippen MR) is 69.8 cm³/mol. The number of benzene rings is 2. The van der Waals surface area contributed by atoms with Crippen LogP contribution in [0.4, 0.5) is 11.4 Å². The van der Waals surface area contributed by atoms with E-state index in [9.17, 15) is 5.11 Å². The summed E-state index contributed by atoms with van der Waals surface area (Å²) in [7, 11) is 0. The molecule has 0 amide bonds. The molecule has 0 aromatic heterocycles. The summed E-state index contributed by atoms with van der Waals surface area (Å²) in [6, 6.07) is 11.6. The van der Waals surface area contributed by atoms with Gasteiger partial charge in [0, 0.05) is 0 Å². The van der Waals surface area contributed by atoms with Crippen LogP contribution in [-0.4, -0.2) is 10.2 Å². The highest BCUT2D eigenvalue weighted by atomic mass is 16.3.